The molecule has 0 aliphatic heterocycles. The molecule has 0 saturated carbocycles. The maximum absolute atomic E-state index is 11.0. The number of halogens is 1. The first-order valence-corrected chi connectivity index (χ1v) is 4.61. The Labute approximate surface area is 90.3 Å². The van der Waals surface area contributed by atoms with E-state index in [0.29, 0.717) is 4.48 Å². The third-order valence-corrected chi connectivity index (χ3v) is 1.66. The molecule has 0 aliphatic carbocycles. The first-order chi connectivity index (χ1) is 6.47. The summed E-state index contributed by atoms with van der Waals surface area (Å²) >= 11 is 3.03. The Bertz CT molecular complexity index is 241. The standard InChI is InChI=1S/C8H12BrNO4/c1-5(9)3-6(8(12)13)10-7(11)4-14-2/h6H,1,3-4H2,2H3,(H,10,11)(H,12,13)/t6-/m1/s1. The van der Waals surface area contributed by atoms with Crippen LogP contribution >= 0.6 is 15.9 Å². The van der Waals surface area contributed by atoms with E-state index in [1.54, 1.807) is 0 Å². The number of amides is 1. The summed E-state index contributed by atoms with van der Waals surface area (Å²) in [7, 11) is 1.36. The van der Waals surface area contributed by atoms with Crippen LogP contribution in [-0.2, 0) is 14.3 Å². The fourth-order valence-electron chi connectivity index (χ4n) is 0.789. The van der Waals surface area contributed by atoms with Gasteiger partial charge in [0.2, 0.25) is 5.91 Å². The predicted octanol–water partition coefficient (Wildman–Crippen LogP) is 0.501. The zero-order valence-corrected chi connectivity index (χ0v) is 9.33. The number of hydrogen-bond donors (Lipinski definition) is 2. The lowest BCUT2D eigenvalue weighted by Crippen LogP contribution is -2.42. The lowest BCUT2D eigenvalue weighted by Gasteiger charge is -2.13. The molecule has 5 nitrogen and oxygen atoms in total. The van der Waals surface area contributed by atoms with Gasteiger partial charge < -0.3 is 15.2 Å². The maximum Gasteiger partial charge on any atom is 0.326 e. The van der Waals surface area contributed by atoms with E-state index < -0.39 is 17.9 Å². The van der Waals surface area contributed by atoms with E-state index >= 15 is 0 Å². The van der Waals surface area contributed by atoms with Crippen molar-refractivity contribution >= 4 is 27.8 Å². The molecule has 14 heavy (non-hydrogen) atoms. The van der Waals surface area contributed by atoms with Gasteiger partial charge in [-0.15, -0.1) is 0 Å². The number of carbonyl (C=O) groups excluding carboxylic acids is 1. The van der Waals surface area contributed by atoms with Gasteiger partial charge in [-0.1, -0.05) is 22.5 Å². The summed E-state index contributed by atoms with van der Waals surface area (Å²) in [5, 5.41) is 11.0. The molecule has 1 amide bonds. The van der Waals surface area contributed by atoms with Gasteiger partial charge >= 0.3 is 5.97 Å². The second-order valence-corrected chi connectivity index (χ2v) is 3.73. The average molecular weight is 266 g/mol. The molecule has 0 aromatic heterocycles. The second-order valence-electron chi connectivity index (χ2n) is 2.61. The Morgan fingerprint density at radius 1 is 1.64 bits per heavy atom. The molecule has 0 aliphatic rings. The molecule has 0 unspecified atom stereocenters. The van der Waals surface area contributed by atoms with Crippen molar-refractivity contribution in [3.8, 4) is 0 Å². The summed E-state index contributed by atoms with van der Waals surface area (Å²) in [5.74, 6) is -1.57. The minimum absolute atomic E-state index is 0.144. The van der Waals surface area contributed by atoms with E-state index in [-0.39, 0.29) is 13.0 Å². The Kier molecular flexibility index (Phi) is 6.14. The van der Waals surface area contributed by atoms with E-state index in [0.717, 1.165) is 0 Å². The highest BCUT2D eigenvalue weighted by molar-refractivity contribution is 9.11. The van der Waals surface area contributed by atoms with Gasteiger partial charge in [-0.3, -0.25) is 4.79 Å². The molecule has 0 saturated heterocycles. The van der Waals surface area contributed by atoms with Crippen LogP contribution in [0.5, 0.6) is 0 Å². The first kappa shape index (κ1) is 13.1. The van der Waals surface area contributed by atoms with Crippen molar-refractivity contribution in [3.63, 3.8) is 0 Å². The zero-order chi connectivity index (χ0) is 11.1. The van der Waals surface area contributed by atoms with Crippen molar-refractivity contribution in [1.82, 2.24) is 5.32 Å². The van der Waals surface area contributed by atoms with Gasteiger partial charge in [0.15, 0.2) is 0 Å². The quantitative estimate of drug-likeness (QED) is 0.734. The van der Waals surface area contributed by atoms with Crippen LogP contribution in [0.4, 0.5) is 0 Å². The van der Waals surface area contributed by atoms with Crippen LogP contribution in [0.2, 0.25) is 0 Å². The molecular weight excluding hydrogens is 254 g/mol. The van der Waals surface area contributed by atoms with Gasteiger partial charge in [0.1, 0.15) is 12.6 Å². The Balaban J connectivity index is 4.16. The summed E-state index contributed by atoms with van der Waals surface area (Å²) in [5.41, 5.74) is 0. The number of nitrogens with one attached hydrogen (secondary N) is 1. The van der Waals surface area contributed by atoms with E-state index in [9.17, 15) is 9.59 Å². The molecule has 6 heteroatoms. The third kappa shape index (κ3) is 5.71. The van der Waals surface area contributed by atoms with Gasteiger partial charge in [0.25, 0.3) is 0 Å². The highest BCUT2D eigenvalue weighted by Crippen LogP contribution is 2.09. The van der Waals surface area contributed by atoms with Gasteiger partial charge in [-0.2, -0.15) is 0 Å². The van der Waals surface area contributed by atoms with Crippen LogP contribution in [-0.4, -0.2) is 36.7 Å². The van der Waals surface area contributed by atoms with Crippen LogP contribution in [0.3, 0.4) is 0 Å². The fourth-order valence-corrected chi connectivity index (χ4v) is 1.11. The van der Waals surface area contributed by atoms with E-state index in [1.807, 2.05) is 0 Å². The van der Waals surface area contributed by atoms with Crippen molar-refractivity contribution in [3.05, 3.63) is 11.1 Å². The lowest BCUT2D eigenvalue weighted by atomic mass is 10.2. The van der Waals surface area contributed by atoms with E-state index in [4.69, 9.17) is 5.11 Å². The summed E-state index contributed by atoms with van der Waals surface area (Å²) in [6, 6.07) is -0.968. The second kappa shape index (κ2) is 6.56. The number of carboxylic acids is 1. The van der Waals surface area contributed by atoms with Crippen molar-refractivity contribution in [2.24, 2.45) is 0 Å². The SMILES string of the molecule is C=C(Br)C[C@@H](NC(=O)COC)C(=O)O. The highest BCUT2D eigenvalue weighted by atomic mass is 79.9. The first-order valence-electron chi connectivity index (χ1n) is 3.81. The van der Waals surface area contributed by atoms with Crippen molar-refractivity contribution in [2.45, 2.75) is 12.5 Å². The van der Waals surface area contributed by atoms with Crippen LogP contribution in [0, 0.1) is 0 Å². The molecule has 0 rings (SSSR count). The number of methoxy groups -OCH3 is 1. The summed E-state index contributed by atoms with van der Waals surface area (Å²) < 4.78 is 5.07. The molecular formula is C8H12BrNO4. The third-order valence-electron chi connectivity index (χ3n) is 1.33. The van der Waals surface area contributed by atoms with Gasteiger partial charge in [-0.05, 0) is 4.48 Å². The van der Waals surface area contributed by atoms with Crippen LogP contribution in [0.25, 0.3) is 0 Å². The Morgan fingerprint density at radius 3 is 2.57 bits per heavy atom. The van der Waals surface area contributed by atoms with Crippen molar-refractivity contribution in [2.75, 3.05) is 13.7 Å². The Morgan fingerprint density at radius 2 is 2.21 bits per heavy atom. The van der Waals surface area contributed by atoms with Crippen LogP contribution < -0.4 is 5.32 Å². The van der Waals surface area contributed by atoms with Crippen molar-refractivity contribution < 1.29 is 19.4 Å². The number of carbonyl (C=O) groups is 2. The smallest absolute Gasteiger partial charge is 0.326 e. The van der Waals surface area contributed by atoms with E-state index in [1.165, 1.54) is 7.11 Å². The minimum atomic E-state index is -1.10. The lowest BCUT2D eigenvalue weighted by molar-refractivity contribution is -0.142. The van der Waals surface area contributed by atoms with Crippen LogP contribution in [0.15, 0.2) is 11.1 Å². The maximum atomic E-state index is 11.0. The highest BCUT2D eigenvalue weighted by Gasteiger charge is 2.19. The molecule has 2 N–H and O–H groups in total. The molecule has 0 aromatic carbocycles. The monoisotopic (exact) mass is 265 g/mol. The number of carboxylic acid groups (broad SMARTS) is 1. The summed E-state index contributed by atoms with van der Waals surface area (Å²) in [6.45, 7) is 3.35. The Hall–Kier alpha value is -0.880. The molecule has 0 fully saturated rings. The zero-order valence-electron chi connectivity index (χ0n) is 7.75. The van der Waals surface area contributed by atoms with Crippen LogP contribution in [0.1, 0.15) is 6.42 Å². The molecule has 0 heterocycles. The summed E-state index contributed by atoms with van der Waals surface area (Å²) in [6.07, 6.45) is 0.144. The summed E-state index contributed by atoms with van der Waals surface area (Å²) in [4.78, 5) is 21.7. The van der Waals surface area contributed by atoms with Gasteiger partial charge in [0, 0.05) is 13.5 Å². The van der Waals surface area contributed by atoms with Gasteiger partial charge in [-0.25, -0.2) is 4.79 Å². The predicted molar refractivity (Wildman–Crippen MR) is 54.1 cm³/mol. The van der Waals surface area contributed by atoms with Gasteiger partial charge in [0.05, 0.1) is 0 Å². The number of aliphatic carboxylic acids is 1. The molecule has 0 aromatic rings. The largest absolute Gasteiger partial charge is 0.480 e. The normalized spacial score (nSPS) is 11.9. The molecule has 0 radical (unpaired) electrons. The number of ether oxygens (including phenoxy) is 1. The topological polar surface area (TPSA) is 75.6 Å². The average Bonchev–Trinajstić information content (AvgIpc) is 2.02. The number of hydrogen-bond acceptors (Lipinski definition) is 3. The molecule has 0 bridgehead atoms. The molecule has 1 atom stereocenters. The van der Waals surface area contributed by atoms with Crippen molar-refractivity contribution in [1.29, 1.82) is 0 Å². The van der Waals surface area contributed by atoms with E-state index in [2.05, 4.69) is 32.6 Å². The molecule has 0 spiro atoms. The number of rotatable bonds is 6. The molecule has 80 valence electrons. The minimum Gasteiger partial charge on any atom is -0.480 e. The fraction of sp³-hybridized carbons (Fsp3) is 0.500.